The monoisotopic (exact) mass is 241 g/mol. The van der Waals surface area contributed by atoms with Crippen molar-refractivity contribution >= 4 is 11.6 Å². The van der Waals surface area contributed by atoms with Crippen LogP contribution >= 0.6 is 0 Å². The Balaban J connectivity index is 2.16. The Morgan fingerprint density at radius 2 is 2.00 bits per heavy atom. The minimum Gasteiger partial charge on any atom is -0.370 e. The molecule has 0 bridgehead atoms. The molecule has 2 aromatic rings. The molecular formula is C14H15N3O. The topological polar surface area (TPSA) is 59.2 Å². The molecule has 0 aliphatic heterocycles. The third-order valence-corrected chi connectivity index (χ3v) is 2.70. The first-order chi connectivity index (χ1) is 8.66. The number of nitrogens with two attached hydrogens (primary N) is 1. The highest BCUT2D eigenvalue weighted by Gasteiger charge is 2.06. The summed E-state index contributed by atoms with van der Waals surface area (Å²) < 4.78 is 0. The van der Waals surface area contributed by atoms with Gasteiger partial charge in [0.1, 0.15) is 5.69 Å². The fourth-order valence-electron chi connectivity index (χ4n) is 1.74. The first kappa shape index (κ1) is 12.1. The Labute approximate surface area is 106 Å². The van der Waals surface area contributed by atoms with Gasteiger partial charge in [0, 0.05) is 25.5 Å². The van der Waals surface area contributed by atoms with E-state index in [2.05, 4.69) is 17.1 Å². The quantitative estimate of drug-likeness (QED) is 0.888. The first-order valence-electron chi connectivity index (χ1n) is 5.68. The minimum atomic E-state index is -0.509. The van der Waals surface area contributed by atoms with E-state index in [4.69, 9.17) is 5.73 Å². The van der Waals surface area contributed by atoms with Crippen molar-refractivity contribution in [2.45, 2.75) is 6.54 Å². The zero-order valence-corrected chi connectivity index (χ0v) is 10.2. The van der Waals surface area contributed by atoms with E-state index in [1.54, 1.807) is 12.3 Å². The molecule has 18 heavy (non-hydrogen) atoms. The van der Waals surface area contributed by atoms with Crippen LogP contribution in [0.3, 0.4) is 0 Å². The van der Waals surface area contributed by atoms with E-state index in [1.807, 2.05) is 36.2 Å². The summed E-state index contributed by atoms with van der Waals surface area (Å²) in [6.07, 6.45) is 1.59. The van der Waals surface area contributed by atoms with E-state index in [0.717, 1.165) is 12.2 Å². The molecule has 0 fully saturated rings. The van der Waals surface area contributed by atoms with Gasteiger partial charge in [-0.15, -0.1) is 0 Å². The Morgan fingerprint density at radius 3 is 2.67 bits per heavy atom. The summed E-state index contributed by atoms with van der Waals surface area (Å²) in [4.78, 5) is 17.0. The number of pyridine rings is 1. The molecule has 1 aromatic heterocycles. The lowest BCUT2D eigenvalue weighted by molar-refractivity contribution is 0.0995. The molecule has 1 heterocycles. The van der Waals surface area contributed by atoms with Crippen molar-refractivity contribution < 1.29 is 4.79 Å². The van der Waals surface area contributed by atoms with Gasteiger partial charge >= 0.3 is 0 Å². The molecule has 0 radical (unpaired) electrons. The predicted molar refractivity (Wildman–Crippen MR) is 71.3 cm³/mol. The highest BCUT2D eigenvalue weighted by Crippen LogP contribution is 2.15. The van der Waals surface area contributed by atoms with E-state index in [-0.39, 0.29) is 5.69 Å². The fourth-order valence-corrected chi connectivity index (χ4v) is 1.74. The van der Waals surface area contributed by atoms with E-state index >= 15 is 0 Å². The van der Waals surface area contributed by atoms with Crippen LogP contribution in [-0.2, 0) is 6.54 Å². The number of carbonyl (C=O) groups excluding carboxylic acids is 1. The molecule has 4 nitrogen and oxygen atoms in total. The molecular weight excluding hydrogens is 226 g/mol. The SMILES string of the molecule is CN(Cc1ccccc1)c1ccnc(C(N)=O)c1. The standard InChI is InChI=1S/C14H15N3O/c1-17(10-11-5-3-2-4-6-11)12-7-8-16-13(9-12)14(15)18/h2-9H,10H2,1H3,(H2,15,18). The number of carbonyl (C=O) groups is 1. The van der Waals surface area contributed by atoms with Gasteiger partial charge in [0.2, 0.25) is 0 Å². The molecule has 0 unspecified atom stereocenters. The molecule has 2 N–H and O–H groups in total. The van der Waals surface area contributed by atoms with Crippen LogP contribution in [0.2, 0.25) is 0 Å². The number of aromatic nitrogens is 1. The van der Waals surface area contributed by atoms with Gasteiger partial charge in [0.15, 0.2) is 0 Å². The van der Waals surface area contributed by atoms with Crippen molar-refractivity contribution in [2.75, 3.05) is 11.9 Å². The van der Waals surface area contributed by atoms with Crippen LogP contribution in [0.25, 0.3) is 0 Å². The molecule has 4 heteroatoms. The van der Waals surface area contributed by atoms with Crippen LogP contribution in [0.1, 0.15) is 16.1 Å². The lowest BCUT2D eigenvalue weighted by atomic mass is 10.2. The Hall–Kier alpha value is -2.36. The molecule has 0 saturated carbocycles. The van der Waals surface area contributed by atoms with Gasteiger partial charge in [-0.1, -0.05) is 30.3 Å². The number of rotatable bonds is 4. The maximum Gasteiger partial charge on any atom is 0.267 e. The van der Waals surface area contributed by atoms with Gasteiger partial charge in [-0.3, -0.25) is 9.78 Å². The van der Waals surface area contributed by atoms with Gasteiger partial charge < -0.3 is 10.6 Å². The molecule has 0 spiro atoms. The van der Waals surface area contributed by atoms with Gasteiger partial charge in [0.25, 0.3) is 5.91 Å². The van der Waals surface area contributed by atoms with Crippen molar-refractivity contribution in [3.63, 3.8) is 0 Å². The molecule has 0 aliphatic rings. The summed E-state index contributed by atoms with van der Waals surface area (Å²) in [5.74, 6) is -0.509. The fraction of sp³-hybridized carbons (Fsp3) is 0.143. The Kier molecular flexibility index (Phi) is 3.57. The molecule has 0 aliphatic carbocycles. The largest absolute Gasteiger partial charge is 0.370 e. The van der Waals surface area contributed by atoms with Crippen LogP contribution in [0.5, 0.6) is 0 Å². The van der Waals surface area contributed by atoms with Crippen molar-refractivity contribution in [3.05, 3.63) is 59.9 Å². The van der Waals surface area contributed by atoms with Crippen molar-refractivity contribution in [2.24, 2.45) is 5.73 Å². The van der Waals surface area contributed by atoms with Crippen LogP contribution in [0.4, 0.5) is 5.69 Å². The number of hydrogen-bond donors (Lipinski definition) is 1. The summed E-state index contributed by atoms with van der Waals surface area (Å²) in [5.41, 5.74) is 7.63. The molecule has 1 aromatic carbocycles. The zero-order valence-electron chi connectivity index (χ0n) is 10.2. The highest BCUT2D eigenvalue weighted by atomic mass is 16.1. The maximum absolute atomic E-state index is 11.1. The smallest absolute Gasteiger partial charge is 0.267 e. The second kappa shape index (κ2) is 5.31. The molecule has 92 valence electrons. The number of nitrogens with zero attached hydrogens (tertiary/aromatic N) is 2. The summed E-state index contributed by atoms with van der Waals surface area (Å²) in [7, 11) is 1.97. The van der Waals surface area contributed by atoms with E-state index in [9.17, 15) is 4.79 Å². The van der Waals surface area contributed by atoms with Crippen LogP contribution in [0, 0.1) is 0 Å². The summed E-state index contributed by atoms with van der Waals surface area (Å²) in [6.45, 7) is 0.767. The molecule has 0 atom stereocenters. The third kappa shape index (κ3) is 2.85. The van der Waals surface area contributed by atoms with Crippen molar-refractivity contribution in [3.8, 4) is 0 Å². The predicted octanol–water partition coefficient (Wildman–Crippen LogP) is 1.82. The zero-order chi connectivity index (χ0) is 13.0. The van der Waals surface area contributed by atoms with Crippen molar-refractivity contribution in [1.82, 2.24) is 4.98 Å². The normalized spacial score (nSPS) is 10.1. The number of amides is 1. The summed E-state index contributed by atoms with van der Waals surface area (Å²) in [6, 6.07) is 13.7. The van der Waals surface area contributed by atoms with Gasteiger partial charge in [-0.2, -0.15) is 0 Å². The number of anilines is 1. The lowest BCUT2D eigenvalue weighted by Crippen LogP contribution is -2.18. The first-order valence-corrected chi connectivity index (χ1v) is 5.68. The maximum atomic E-state index is 11.1. The van der Waals surface area contributed by atoms with Crippen LogP contribution in [0.15, 0.2) is 48.7 Å². The lowest BCUT2D eigenvalue weighted by Gasteiger charge is -2.19. The third-order valence-electron chi connectivity index (χ3n) is 2.70. The second-order valence-electron chi connectivity index (χ2n) is 4.11. The van der Waals surface area contributed by atoms with Crippen molar-refractivity contribution in [1.29, 1.82) is 0 Å². The Morgan fingerprint density at radius 1 is 1.28 bits per heavy atom. The van der Waals surface area contributed by atoms with E-state index in [0.29, 0.717) is 0 Å². The minimum absolute atomic E-state index is 0.285. The van der Waals surface area contributed by atoms with Crippen LogP contribution < -0.4 is 10.6 Å². The molecule has 0 saturated heterocycles. The molecule has 2 rings (SSSR count). The Bertz CT molecular complexity index is 540. The number of hydrogen-bond acceptors (Lipinski definition) is 3. The second-order valence-corrected chi connectivity index (χ2v) is 4.11. The van der Waals surface area contributed by atoms with Gasteiger partial charge in [0.05, 0.1) is 0 Å². The van der Waals surface area contributed by atoms with E-state index < -0.39 is 5.91 Å². The molecule has 1 amide bonds. The summed E-state index contributed by atoms with van der Waals surface area (Å²) >= 11 is 0. The number of primary amides is 1. The average Bonchev–Trinajstić information content (AvgIpc) is 2.40. The van der Waals surface area contributed by atoms with E-state index in [1.165, 1.54) is 5.56 Å². The van der Waals surface area contributed by atoms with Crippen LogP contribution in [-0.4, -0.2) is 17.9 Å². The van der Waals surface area contributed by atoms with Gasteiger partial charge in [-0.05, 0) is 17.7 Å². The number of benzene rings is 1. The summed E-state index contributed by atoms with van der Waals surface area (Å²) in [5, 5.41) is 0. The average molecular weight is 241 g/mol. The van der Waals surface area contributed by atoms with Gasteiger partial charge in [-0.25, -0.2) is 0 Å². The highest BCUT2D eigenvalue weighted by molar-refractivity contribution is 5.91.